The van der Waals surface area contributed by atoms with Gasteiger partial charge in [-0.1, -0.05) is 12.1 Å². The first-order valence-corrected chi connectivity index (χ1v) is 12.8. The highest BCUT2D eigenvalue weighted by atomic mass is 32.2. The van der Waals surface area contributed by atoms with Gasteiger partial charge in [0.1, 0.15) is 0 Å². The molecule has 2 aromatic rings. The van der Waals surface area contributed by atoms with Crippen molar-refractivity contribution in [1.29, 1.82) is 0 Å². The fourth-order valence-corrected chi connectivity index (χ4v) is 4.94. The molecule has 0 aliphatic carbocycles. The molecule has 0 fully saturated rings. The number of anilines is 1. The van der Waals surface area contributed by atoms with Gasteiger partial charge in [-0.3, -0.25) is 4.79 Å². The Bertz CT molecular complexity index is 1080. The van der Waals surface area contributed by atoms with Crippen LogP contribution in [0.15, 0.2) is 57.2 Å². The number of thioether (sulfide) groups is 1. The Hall–Kier alpha value is -1.88. The molecule has 0 aromatic heterocycles. The molecule has 0 unspecified atom stereocenters. The maximum atomic E-state index is 12.8. The van der Waals surface area contributed by atoms with Crippen LogP contribution in [-0.2, 0) is 24.7 Å². The van der Waals surface area contributed by atoms with E-state index < -0.39 is 25.9 Å². The summed E-state index contributed by atoms with van der Waals surface area (Å²) in [6, 6.07) is 9.97. The molecule has 2 N–H and O–H groups in total. The molecular weight excluding hydrogens is 420 g/mol. The Kier molecular flexibility index (Phi) is 6.92. The maximum absolute atomic E-state index is 12.8. The van der Waals surface area contributed by atoms with Crippen LogP contribution in [0.1, 0.15) is 25.5 Å². The van der Waals surface area contributed by atoms with E-state index in [9.17, 15) is 21.6 Å². The smallest absolute Gasteiger partial charge is 0.241 e. The average Bonchev–Trinajstić information content (AvgIpc) is 2.60. The molecule has 1 atom stereocenters. The van der Waals surface area contributed by atoms with Crippen LogP contribution in [0.4, 0.5) is 5.69 Å². The van der Waals surface area contributed by atoms with Crippen molar-refractivity contribution in [3.05, 3.63) is 48.0 Å². The van der Waals surface area contributed by atoms with Crippen molar-refractivity contribution in [1.82, 2.24) is 4.72 Å². The van der Waals surface area contributed by atoms with Gasteiger partial charge in [0.15, 0.2) is 9.84 Å². The van der Waals surface area contributed by atoms with Crippen LogP contribution in [0.2, 0.25) is 0 Å². The zero-order chi connectivity index (χ0) is 21.1. The molecular formula is C18H22N2O5S3. The minimum atomic E-state index is -3.86. The summed E-state index contributed by atoms with van der Waals surface area (Å²) in [5.74, 6) is -0.294. The van der Waals surface area contributed by atoms with Crippen molar-refractivity contribution in [2.75, 3.05) is 17.8 Å². The van der Waals surface area contributed by atoms with Gasteiger partial charge in [0.05, 0.1) is 15.5 Å². The third-order valence-electron chi connectivity index (χ3n) is 3.93. The summed E-state index contributed by atoms with van der Waals surface area (Å²) in [6.07, 6.45) is 2.94. The largest absolute Gasteiger partial charge is 0.325 e. The van der Waals surface area contributed by atoms with Crippen LogP contribution in [0.25, 0.3) is 0 Å². The van der Waals surface area contributed by atoms with Crippen molar-refractivity contribution < 1.29 is 21.6 Å². The standard InChI is InChI=1S/C18H22N2O5S3/c1-12(14-5-7-15(8-6-14)27(4,22)23)20-28(24,25)16-9-10-18(26-3)17(11-16)19-13(2)21/h5-12,20H,1-4H3,(H,19,21)/t12-/m1/s1. The number of carbonyl (C=O) groups is 1. The zero-order valence-electron chi connectivity index (χ0n) is 15.9. The molecule has 0 saturated carbocycles. The molecule has 0 aliphatic heterocycles. The Morgan fingerprint density at radius 2 is 1.57 bits per heavy atom. The molecule has 10 heteroatoms. The third kappa shape index (κ3) is 5.57. The lowest BCUT2D eigenvalue weighted by atomic mass is 10.1. The number of hydrogen-bond donors (Lipinski definition) is 2. The topological polar surface area (TPSA) is 109 Å². The summed E-state index contributed by atoms with van der Waals surface area (Å²) in [6.45, 7) is 3.02. The van der Waals surface area contributed by atoms with Crippen LogP contribution in [-0.4, -0.2) is 35.3 Å². The van der Waals surface area contributed by atoms with Crippen molar-refractivity contribution in [2.45, 2.75) is 34.6 Å². The fraction of sp³-hybridized carbons (Fsp3) is 0.278. The average molecular weight is 443 g/mol. The molecule has 28 heavy (non-hydrogen) atoms. The fourth-order valence-electron chi connectivity index (χ4n) is 2.51. The number of carbonyl (C=O) groups excluding carboxylic acids is 1. The molecule has 0 saturated heterocycles. The van der Waals surface area contributed by atoms with E-state index in [0.717, 1.165) is 11.2 Å². The minimum Gasteiger partial charge on any atom is -0.325 e. The van der Waals surface area contributed by atoms with E-state index in [1.54, 1.807) is 25.1 Å². The maximum Gasteiger partial charge on any atom is 0.241 e. The number of amides is 1. The van der Waals surface area contributed by atoms with Gasteiger partial charge in [-0.05, 0) is 49.1 Å². The molecule has 0 heterocycles. The molecule has 2 rings (SSSR count). The Morgan fingerprint density at radius 1 is 1.00 bits per heavy atom. The number of sulfone groups is 1. The summed E-state index contributed by atoms with van der Waals surface area (Å²) < 4.78 is 51.2. The highest BCUT2D eigenvalue weighted by Gasteiger charge is 2.20. The monoisotopic (exact) mass is 442 g/mol. The van der Waals surface area contributed by atoms with Crippen LogP contribution in [0.5, 0.6) is 0 Å². The first-order chi connectivity index (χ1) is 12.9. The van der Waals surface area contributed by atoms with Crippen molar-refractivity contribution in [2.24, 2.45) is 0 Å². The molecule has 2 aromatic carbocycles. The van der Waals surface area contributed by atoms with E-state index in [1.165, 1.54) is 43.0 Å². The summed E-state index contributed by atoms with van der Waals surface area (Å²) in [5.41, 5.74) is 1.05. The van der Waals surface area contributed by atoms with Crippen molar-refractivity contribution in [3.63, 3.8) is 0 Å². The lowest BCUT2D eigenvalue weighted by Gasteiger charge is -2.16. The first-order valence-electron chi connectivity index (χ1n) is 8.22. The van der Waals surface area contributed by atoms with Crippen LogP contribution in [0, 0.1) is 0 Å². The van der Waals surface area contributed by atoms with E-state index in [-0.39, 0.29) is 15.7 Å². The summed E-state index contributed by atoms with van der Waals surface area (Å²) >= 11 is 1.39. The van der Waals surface area contributed by atoms with Gasteiger partial charge in [-0.2, -0.15) is 0 Å². The summed E-state index contributed by atoms with van der Waals surface area (Å²) in [4.78, 5) is 12.3. The van der Waals surface area contributed by atoms with Gasteiger partial charge in [0.25, 0.3) is 0 Å². The highest BCUT2D eigenvalue weighted by molar-refractivity contribution is 7.98. The lowest BCUT2D eigenvalue weighted by molar-refractivity contribution is -0.114. The van der Waals surface area contributed by atoms with Gasteiger partial charge >= 0.3 is 0 Å². The quantitative estimate of drug-likeness (QED) is 0.638. The second-order valence-corrected chi connectivity index (χ2v) is 10.8. The number of sulfonamides is 1. The molecule has 0 aliphatic rings. The molecule has 0 radical (unpaired) electrons. The van der Waals surface area contributed by atoms with Crippen molar-refractivity contribution in [3.8, 4) is 0 Å². The van der Waals surface area contributed by atoms with E-state index in [0.29, 0.717) is 11.3 Å². The van der Waals surface area contributed by atoms with Gasteiger partial charge in [-0.25, -0.2) is 21.6 Å². The Labute approximate surface area is 169 Å². The minimum absolute atomic E-state index is 0.0219. The molecule has 1 amide bonds. The SMILES string of the molecule is CSc1ccc(S(=O)(=O)N[C@H](C)c2ccc(S(C)(=O)=O)cc2)cc1NC(C)=O. The second-order valence-electron chi connectivity index (χ2n) is 6.23. The van der Waals surface area contributed by atoms with Crippen LogP contribution < -0.4 is 10.0 Å². The predicted octanol–water partition coefficient (Wildman–Crippen LogP) is 2.81. The zero-order valence-corrected chi connectivity index (χ0v) is 18.3. The summed E-state index contributed by atoms with van der Waals surface area (Å²) in [5, 5.41) is 2.63. The van der Waals surface area contributed by atoms with Crippen molar-refractivity contribution >= 4 is 43.2 Å². The summed E-state index contributed by atoms with van der Waals surface area (Å²) in [7, 11) is -7.18. The van der Waals surface area contributed by atoms with Crippen LogP contribution in [0.3, 0.4) is 0 Å². The number of hydrogen-bond acceptors (Lipinski definition) is 6. The predicted molar refractivity (Wildman–Crippen MR) is 111 cm³/mol. The lowest BCUT2D eigenvalue weighted by Crippen LogP contribution is -2.27. The Morgan fingerprint density at radius 3 is 2.07 bits per heavy atom. The molecule has 0 bridgehead atoms. The van der Waals surface area contributed by atoms with Crippen LogP contribution >= 0.6 is 11.8 Å². The van der Waals surface area contributed by atoms with Gasteiger partial charge in [-0.15, -0.1) is 11.8 Å². The molecule has 7 nitrogen and oxygen atoms in total. The van der Waals surface area contributed by atoms with Gasteiger partial charge in [0.2, 0.25) is 15.9 Å². The second kappa shape index (κ2) is 8.64. The number of rotatable bonds is 7. The highest BCUT2D eigenvalue weighted by Crippen LogP contribution is 2.29. The Balaban J connectivity index is 2.28. The van der Waals surface area contributed by atoms with E-state index in [4.69, 9.17) is 0 Å². The number of nitrogens with one attached hydrogen (secondary N) is 2. The van der Waals surface area contributed by atoms with E-state index in [1.807, 2.05) is 6.26 Å². The molecule has 0 spiro atoms. The first kappa shape index (κ1) is 22.4. The number of benzene rings is 2. The van der Waals surface area contributed by atoms with E-state index >= 15 is 0 Å². The van der Waals surface area contributed by atoms with Gasteiger partial charge in [0, 0.05) is 24.1 Å². The normalized spacial score (nSPS) is 13.1. The van der Waals surface area contributed by atoms with Gasteiger partial charge < -0.3 is 5.32 Å². The third-order valence-corrected chi connectivity index (χ3v) is 7.39. The van der Waals surface area contributed by atoms with E-state index in [2.05, 4.69) is 10.0 Å². The molecule has 152 valence electrons.